The number of para-hydroxylation sites is 2. The average molecular weight is 796 g/mol. The van der Waals surface area contributed by atoms with Crippen molar-refractivity contribution in [2.75, 3.05) is 0 Å². The van der Waals surface area contributed by atoms with E-state index in [-0.39, 0.29) is 5.41 Å². The monoisotopic (exact) mass is 795 g/mol. The Morgan fingerprint density at radius 2 is 1.29 bits per heavy atom. The lowest BCUT2D eigenvalue weighted by Gasteiger charge is -2.25. The fourth-order valence-electron chi connectivity index (χ4n) is 10.6. The van der Waals surface area contributed by atoms with E-state index in [1.54, 1.807) is 0 Å². The largest absolute Gasteiger partial charge is 0.456 e. The molecule has 3 heterocycles. The molecule has 13 rings (SSSR count). The molecule has 0 radical (unpaired) electrons. The van der Waals surface area contributed by atoms with Crippen LogP contribution in [0.1, 0.15) is 43.2 Å². The predicted molar refractivity (Wildman–Crippen MR) is 257 cm³/mol. The first kappa shape index (κ1) is 35.2. The number of fused-ring (bicyclic) bond motifs is 11. The Kier molecular flexibility index (Phi) is 7.37. The van der Waals surface area contributed by atoms with Crippen LogP contribution in [0.3, 0.4) is 0 Å². The SMILES string of the molecule is C[C@H]1C=Cc2c(-c3nc4c(nc3-c3ccc5oc6ccccc6c5c3)C(C)(C)c3ccc(-c5ccccc5)cc3-4)ccc(-n3c4ccccc4c4cc5ccccc5cc43)c2C1. The maximum absolute atomic E-state index is 6.33. The molecule has 4 heteroatoms. The zero-order valence-electron chi connectivity index (χ0n) is 34.8. The molecular weight excluding hydrogens is 755 g/mol. The van der Waals surface area contributed by atoms with Crippen molar-refractivity contribution in [1.82, 2.24) is 14.5 Å². The number of allylic oxidation sites excluding steroid dienone is 1. The number of benzene rings is 8. The van der Waals surface area contributed by atoms with Gasteiger partial charge in [0.2, 0.25) is 0 Å². The van der Waals surface area contributed by atoms with Gasteiger partial charge < -0.3 is 8.98 Å². The molecule has 0 aliphatic heterocycles. The highest BCUT2D eigenvalue weighted by atomic mass is 16.3. The molecule has 1 atom stereocenters. The van der Waals surface area contributed by atoms with E-state index in [0.29, 0.717) is 5.92 Å². The molecule has 294 valence electrons. The maximum atomic E-state index is 6.33. The molecule has 11 aromatic rings. The van der Waals surface area contributed by atoms with Gasteiger partial charge in [0.1, 0.15) is 11.2 Å². The van der Waals surface area contributed by atoms with Gasteiger partial charge in [-0.1, -0.05) is 142 Å². The molecule has 0 bridgehead atoms. The van der Waals surface area contributed by atoms with Crippen molar-refractivity contribution >= 4 is 60.6 Å². The van der Waals surface area contributed by atoms with Crippen molar-refractivity contribution in [3.05, 3.63) is 192 Å². The molecule has 3 aromatic heterocycles. The Bertz CT molecular complexity index is 3720. The lowest BCUT2D eigenvalue weighted by molar-refractivity contribution is 0.636. The lowest BCUT2D eigenvalue weighted by Crippen LogP contribution is -2.18. The number of hydrogen-bond acceptors (Lipinski definition) is 3. The average Bonchev–Trinajstić information content (AvgIpc) is 3.91. The fourth-order valence-corrected chi connectivity index (χ4v) is 10.6. The van der Waals surface area contributed by atoms with Gasteiger partial charge in [-0.05, 0) is 106 Å². The smallest absolute Gasteiger partial charge is 0.135 e. The number of rotatable bonds is 4. The highest BCUT2D eigenvalue weighted by Crippen LogP contribution is 2.51. The first-order valence-electron chi connectivity index (χ1n) is 21.7. The molecule has 0 saturated heterocycles. The lowest BCUT2D eigenvalue weighted by atomic mass is 9.84. The molecule has 0 saturated carbocycles. The Morgan fingerprint density at radius 3 is 2.16 bits per heavy atom. The molecular formula is C58H41N3O. The second-order valence-corrected chi connectivity index (χ2v) is 17.8. The first-order valence-corrected chi connectivity index (χ1v) is 21.7. The summed E-state index contributed by atoms with van der Waals surface area (Å²) < 4.78 is 8.83. The number of nitrogens with zero attached hydrogens (tertiary/aromatic N) is 3. The minimum atomic E-state index is -0.355. The van der Waals surface area contributed by atoms with Gasteiger partial charge in [-0.25, -0.2) is 9.97 Å². The molecule has 8 aromatic carbocycles. The normalized spacial score (nSPS) is 15.2. The summed E-state index contributed by atoms with van der Waals surface area (Å²) in [5.74, 6) is 0.372. The van der Waals surface area contributed by atoms with Crippen LogP contribution in [0, 0.1) is 5.92 Å². The molecule has 0 amide bonds. The summed E-state index contributed by atoms with van der Waals surface area (Å²) in [5.41, 5.74) is 18.1. The summed E-state index contributed by atoms with van der Waals surface area (Å²) in [5, 5.41) is 7.19. The van der Waals surface area contributed by atoms with Gasteiger partial charge in [-0.3, -0.25) is 0 Å². The van der Waals surface area contributed by atoms with E-state index in [2.05, 4.69) is 189 Å². The van der Waals surface area contributed by atoms with Gasteiger partial charge >= 0.3 is 0 Å². The molecule has 0 N–H and O–H groups in total. The van der Waals surface area contributed by atoms with Gasteiger partial charge in [-0.2, -0.15) is 0 Å². The van der Waals surface area contributed by atoms with Crippen molar-refractivity contribution in [3.63, 3.8) is 0 Å². The summed E-state index contributed by atoms with van der Waals surface area (Å²) in [6, 6.07) is 59.3. The molecule has 4 nitrogen and oxygen atoms in total. The molecule has 2 aliphatic carbocycles. The van der Waals surface area contributed by atoms with Crippen LogP contribution < -0.4 is 0 Å². The molecule has 62 heavy (non-hydrogen) atoms. The van der Waals surface area contributed by atoms with Gasteiger partial charge in [0, 0.05) is 43.7 Å². The van der Waals surface area contributed by atoms with E-state index in [1.807, 2.05) is 12.1 Å². The van der Waals surface area contributed by atoms with Crippen molar-refractivity contribution in [1.29, 1.82) is 0 Å². The van der Waals surface area contributed by atoms with E-state index in [1.165, 1.54) is 66.1 Å². The number of aromatic nitrogens is 3. The maximum Gasteiger partial charge on any atom is 0.135 e. The standard InChI is InChI=1S/C58H41N3O/c1-34-21-24-40-43(25-27-50(44(40)29-34)61-49-19-11-9-17-41(49)45-30-36-15-7-8-16-37(36)33-51(45)61)55-54(39-23-28-53-46(32-39)42-18-10-12-20-52(42)62-53)60-57-56(59-55)47-31-38(35-13-5-4-6-14-35)22-26-48(47)58(57,2)3/h4-28,30-34H,29H2,1-3H3/t34-/m0/s1. The third-order valence-electron chi connectivity index (χ3n) is 13.7. The van der Waals surface area contributed by atoms with Gasteiger partial charge in [0.05, 0.1) is 39.5 Å². The molecule has 0 unspecified atom stereocenters. The zero-order chi connectivity index (χ0) is 41.3. The van der Waals surface area contributed by atoms with Crippen molar-refractivity contribution in [2.45, 2.75) is 32.6 Å². The van der Waals surface area contributed by atoms with Crippen LogP contribution >= 0.6 is 0 Å². The molecule has 0 spiro atoms. The fraction of sp³-hybridized carbons (Fsp3) is 0.103. The summed E-state index contributed by atoms with van der Waals surface area (Å²) >= 11 is 0. The second-order valence-electron chi connectivity index (χ2n) is 17.8. The quantitative estimate of drug-likeness (QED) is 0.178. The van der Waals surface area contributed by atoms with Crippen molar-refractivity contribution in [2.24, 2.45) is 5.92 Å². The van der Waals surface area contributed by atoms with Crippen LogP contribution in [-0.2, 0) is 11.8 Å². The third kappa shape index (κ3) is 5.07. The first-order chi connectivity index (χ1) is 30.4. The topological polar surface area (TPSA) is 43.9 Å². The van der Waals surface area contributed by atoms with Crippen LogP contribution in [-0.4, -0.2) is 14.5 Å². The summed E-state index contributed by atoms with van der Waals surface area (Å²) in [6.07, 6.45) is 5.62. The Hall–Kier alpha value is -7.56. The van der Waals surface area contributed by atoms with Crippen LogP contribution in [0.5, 0.6) is 0 Å². The van der Waals surface area contributed by atoms with Crippen molar-refractivity contribution in [3.8, 4) is 50.6 Å². The number of hydrogen-bond donors (Lipinski definition) is 0. The van der Waals surface area contributed by atoms with Crippen LogP contribution in [0.2, 0.25) is 0 Å². The van der Waals surface area contributed by atoms with E-state index in [4.69, 9.17) is 14.4 Å². The van der Waals surface area contributed by atoms with Crippen LogP contribution in [0.25, 0.3) is 111 Å². The van der Waals surface area contributed by atoms with Gasteiger partial charge in [0.25, 0.3) is 0 Å². The van der Waals surface area contributed by atoms with Gasteiger partial charge in [-0.15, -0.1) is 0 Å². The van der Waals surface area contributed by atoms with Crippen LogP contribution in [0.15, 0.2) is 174 Å². The van der Waals surface area contributed by atoms with E-state index >= 15 is 0 Å². The summed E-state index contributed by atoms with van der Waals surface area (Å²) in [4.78, 5) is 11.6. The minimum absolute atomic E-state index is 0.355. The summed E-state index contributed by atoms with van der Waals surface area (Å²) in [7, 11) is 0. The van der Waals surface area contributed by atoms with Crippen molar-refractivity contribution < 1.29 is 4.42 Å². The zero-order valence-corrected chi connectivity index (χ0v) is 34.8. The number of furan rings is 1. The third-order valence-corrected chi connectivity index (χ3v) is 13.7. The Balaban J connectivity index is 1.09. The Morgan fingerprint density at radius 1 is 0.548 bits per heavy atom. The second kappa shape index (κ2) is 13.0. The predicted octanol–water partition coefficient (Wildman–Crippen LogP) is 15.1. The van der Waals surface area contributed by atoms with Gasteiger partial charge in [0.15, 0.2) is 0 Å². The molecule has 2 aliphatic rings. The van der Waals surface area contributed by atoms with E-state index in [0.717, 1.165) is 67.8 Å². The molecule has 0 fully saturated rings. The van der Waals surface area contributed by atoms with E-state index in [9.17, 15) is 0 Å². The summed E-state index contributed by atoms with van der Waals surface area (Å²) in [6.45, 7) is 6.91. The highest BCUT2D eigenvalue weighted by Gasteiger charge is 2.40. The van der Waals surface area contributed by atoms with E-state index < -0.39 is 0 Å². The minimum Gasteiger partial charge on any atom is -0.456 e. The highest BCUT2D eigenvalue weighted by molar-refractivity contribution is 6.14. The Labute approximate surface area is 359 Å². The van der Waals surface area contributed by atoms with Crippen LogP contribution in [0.4, 0.5) is 0 Å².